The number of piperazine rings is 1. The molecule has 7 nitrogen and oxygen atoms in total. The first-order valence-corrected chi connectivity index (χ1v) is 11.8. The molecule has 0 bridgehead atoms. The minimum atomic E-state index is 0.00959. The summed E-state index contributed by atoms with van der Waals surface area (Å²) in [6.45, 7) is 5.52. The zero-order chi connectivity index (χ0) is 24.6. The number of benzene rings is 3. The topological polar surface area (TPSA) is 60.5 Å². The Morgan fingerprint density at radius 1 is 0.800 bits per heavy atom. The van der Waals surface area contributed by atoms with Gasteiger partial charge in [0.25, 0.3) is 5.91 Å². The molecule has 1 amide bonds. The van der Waals surface area contributed by atoms with Crippen molar-refractivity contribution >= 4 is 11.6 Å². The number of hydrogen-bond donors (Lipinski definition) is 0. The van der Waals surface area contributed by atoms with Crippen LogP contribution in [0.4, 0.5) is 5.69 Å². The molecule has 35 heavy (non-hydrogen) atoms. The Morgan fingerprint density at radius 2 is 1.57 bits per heavy atom. The van der Waals surface area contributed by atoms with Gasteiger partial charge in [-0.25, -0.2) is 0 Å². The van der Waals surface area contributed by atoms with Crippen molar-refractivity contribution in [1.29, 1.82) is 0 Å². The number of carbonyl (C=O) groups excluding carboxylic acids is 1. The molecular formula is C28H32N2O5. The number of amides is 1. The van der Waals surface area contributed by atoms with Gasteiger partial charge in [-0.2, -0.15) is 0 Å². The number of carbonyl (C=O) groups is 1. The second-order valence-corrected chi connectivity index (χ2v) is 8.17. The van der Waals surface area contributed by atoms with Gasteiger partial charge in [-0.1, -0.05) is 18.2 Å². The van der Waals surface area contributed by atoms with E-state index in [1.54, 1.807) is 14.2 Å². The van der Waals surface area contributed by atoms with Crippen LogP contribution < -0.4 is 23.8 Å². The number of anilines is 1. The highest BCUT2D eigenvalue weighted by atomic mass is 16.5. The van der Waals surface area contributed by atoms with Crippen LogP contribution in [0.3, 0.4) is 0 Å². The fourth-order valence-corrected chi connectivity index (χ4v) is 4.20. The molecule has 0 N–H and O–H groups in total. The van der Waals surface area contributed by atoms with E-state index in [0.29, 0.717) is 36.8 Å². The summed E-state index contributed by atoms with van der Waals surface area (Å²) >= 11 is 0. The molecule has 1 fully saturated rings. The Kier molecular flexibility index (Phi) is 7.98. The Balaban J connectivity index is 1.45. The normalized spacial score (nSPS) is 13.3. The van der Waals surface area contributed by atoms with Crippen molar-refractivity contribution in [2.24, 2.45) is 0 Å². The van der Waals surface area contributed by atoms with Crippen molar-refractivity contribution in [2.45, 2.75) is 13.5 Å². The van der Waals surface area contributed by atoms with E-state index in [2.05, 4.69) is 11.0 Å². The molecule has 0 saturated carbocycles. The SMILES string of the molecule is CCOc1ccc(C(=O)N2CCN(c3ccccc3OC)CC2)cc1COc1cccc(OC)c1. The maximum atomic E-state index is 13.3. The first-order chi connectivity index (χ1) is 17.1. The maximum absolute atomic E-state index is 13.3. The minimum Gasteiger partial charge on any atom is -0.497 e. The molecule has 3 aromatic carbocycles. The predicted molar refractivity (Wildman–Crippen MR) is 136 cm³/mol. The number of rotatable bonds is 9. The molecule has 0 aromatic heterocycles. The standard InChI is InChI=1S/C28H32N2O5/c1-4-34-26-13-12-21(18-22(26)20-35-24-9-7-8-23(19-24)32-2)28(31)30-16-14-29(15-17-30)25-10-5-6-11-27(25)33-3/h5-13,18-19H,4,14-17,20H2,1-3H3. The highest BCUT2D eigenvalue weighted by molar-refractivity contribution is 5.94. The Bertz CT molecular complexity index is 1140. The van der Waals surface area contributed by atoms with Gasteiger partial charge in [0.05, 0.1) is 26.5 Å². The molecule has 1 saturated heterocycles. The van der Waals surface area contributed by atoms with Crippen molar-refractivity contribution < 1.29 is 23.7 Å². The number of methoxy groups -OCH3 is 2. The fraction of sp³-hybridized carbons (Fsp3) is 0.321. The summed E-state index contributed by atoms with van der Waals surface area (Å²) in [7, 11) is 3.30. The molecule has 0 aliphatic carbocycles. The molecule has 184 valence electrons. The van der Waals surface area contributed by atoms with Crippen LogP contribution in [0.25, 0.3) is 0 Å². The van der Waals surface area contributed by atoms with E-state index in [-0.39, 0.29) is 12.5 Å². The fourth-order valence-electron chi connectivity index (χ4n) is 4.20. The van der Waals surface area contributed by atoms with Crippen molar-refractivity contribution in [2.75, 3.05) is 51.9 Å². The van der Waals surface area contributed by atoms with Gasteiger partial charge in [0.1, 0.15) is 29.6 Å². The zero-order valence-corrected chi connectivity index (χ0v) is 20.5. The second-order valence-electron chi connectivity index (χ2n) is 8.17. The molecule has 1 aliphatic heterocycles. The van der Waals surface area contributed by atoms with Crippen molar-refractivity contribution in [3.05, 3.63) is 77.9 Å². The molecule has 4 rings (SSSR count). The van der Waals surface area contributed by atoms with Gasteiger partial charge in [-0.3, -0.25) is 4.79 Å². The number of para-hydroxylation sites is 2. The van der Waals surface area contributed by atoms with Crippen LogP contribution in [-0.2, 0) is 6.61 Å². The highest BCUT2D eigenvalue weighted by Gasteiger charge is 2.24. The summed E-state index contributed by atoms with van der Waals surface area (Å²) in [6.07, 6.45) is 0. The van der Waals surface area contributed by atoms with E-state index < -0.39 is 0 Å². The van der Waals surface area contributed by atoms with E-state index in [1.807, 2.05) is 72.5 Å². The number of nitrogens with zero attached hydrogens (tertiary/aromatic N) is 2. The van der Waals surface area contributed by atoms with Crippen molar-refractivity contribution in [1.82, 2.24) is 4.90 Å². The summed E-state index contributed by atoms with van der Waals surface area (Å²) in [4.78, 5) is 17.5. The molecule has 0 radical (unpaired) electrons. The van der Waals surface area contributed by atoms with Crippen LogP contribution in [0.5, 0.6) is 23.0 Å². The summed E-state index contributed by atoms with van der Waals surface area (Å²) in [5.41, 5.74) is 2.51. The number of hydrogen-bond acceptors (Lipinski definition) is 6. The Hall–Kier alpha value is -3.87. The third-order valence-electron chi connectivity index (χ3n) is 6.04. The van der Waals surface area contributed by atoms with E-state index in [4.69, 9.17) is 18.9 Å². The first-order valence-electron chi connectivity index (χ1n) is 11.8. The lowest BCUT2D eigenvalue weighted by Gasteiger charge is -2.36. The first kappa shape index (κ1) is 24.3. The second kappa shape index (κ2) is 11.5. The van der Waals surface area contributed by atoms with Gasteiger partial charge in [-0.05, 0) is 49.4 Å². The lowest BCUT2D eigenvalue weighted by atomic mass is 10.1. The zero-order valence-electron chi connectivity index (χ0n) is 20.5. The number of ether oxygens (including phenoxy) is 4. The predicted octanol–water partition coefficient (Wildman–Crippen LogP) is 4.64. The summed E-state index contributed by atoms with van der Waals surface area (Å²) in [5.74, 6) is 2.99. The molecular weight excluding hydrogens is 444 g/mol. The maximum Gasteiger partial charge on any atom is 0.253 e. The molecule has 0 unspecified atom stereocenters. The van der Waals surface area contributed by atoms with Crippen LogP contribution in [-0.4, -0.2) is 57.8 Å². The molecule has 1 heterocycles. The van der Waals surface area contributed by atoms with Gasteiger partial charge < -0.3 is 28.7 Å². The van der Waals surface area contributed by atoms with Gasteiger partial charge in [0.15, 0.2) is 0 Å². The van der Waals surface area contributed by atoms with Crippen molar-refractivity contribution in [3.8, 4) is 23.0 Å². The quantitative estimate of drug-likeness (QED) is 0.448. The average Bonchev–Trinajstić information content (AvgIpc) is 2.92. The lowest BCUT2D eigenvalue weighted by Crippen LogP contribution is -2.48. The molecule has 7 heteroatoms. The van der Waals surface area contributed by atoms with Gasteiger partial charge in [0, 0.05) is 43.4 Å². The third-order valence-corrected chi connectivity index (χ3v) is 6.04. The van der Waals surface area contributed by atoms with Crippen LogP contribution in [0.1, 0.15) is 22.8 Å². The van der Waals surface area contributed by atoms with E-state index in [0.717, 1.165) is 35.8 Å². The largest absolute Gasteiger partial charge is 0.497 e. The minimum absolute atomic E-state index is 0.00959. The monoisotopic (exact) mass is 476 g/mol. The molecule has 1 aliphatic rings. The Labute approximate surface area is 206 Å². The van der Waals surface area contributed by atoms with E-state index >= 15 is 0 Å². The molecule has 0 atom stereocenters. The lowest BCUT2D eigenvalue weighted by molar-refractivity contribution is 0.0746. The summed E-state index contributed by atoms with van der Waals surface area (Å²) in [6, 6.07) is 21.0. The van der Waals surface area contributed by atoms with Crippen LogP contribution in [0, 0.1) is 0 Å². The van der Waals surface area contributed by atoms with Gasteiger partial charge in [-0.15, -0.1) is 0 Å². The van der Waals surface area contributed by atoms with Crippen LogP contribution in [0.15, 0.2) is 66.7 Å². The Morgan fingerprint density at radius 3 is 2.31 bits per heavy atom. The molecule has 3 aromatic rings. The van der Waals surface area contributed by atoms with Gasteiger partial charge in [0.2, 0.25) is 0 Å². The molecule has 0 spiro atoms. The average molecular weight is 477 g/mol. The van der Waals surface area contributed by atoms with Crippen LogP contribution in [0.2, 0.25) is 0 Å². The summed E-state index contributed by atoms with van der Waals surface area (Å²) in [5, 5.41) is 0. The van der Waals surface area contributed by atoms with Crippen molar-refractivity contribution in [3.63, 3.8) is 0 Å². The highest BCUT2D eigenvalue weighted by Crippen LogP contribution is 2.29. The third kappa shape index (κ3) is 5.80. The summed E-state index contributed by atoms with van der Waals surface area (Å²) < 4.78 is 22.5. The van der Waals surface area contributed by atoms with E-state index in [9.17, 15) is 4.79 Å². The van der Waals surface area contributed by atoms with Crippen LogP contribution >= 0.6 is 0 Å². The van der Waals surface area contributed by atoms with Gasteiger partial charge >= 0.3 is 0 Å². The smallest absolute Gasteiger partial charge is 0.253 e. The van der Waals surface area contributed by atoms with E-state index in [1.165, 1.54) is 0 Å².